The lowest BCUT2D eigenvalue weighted by Crippen LogP contribution is -1.88. The fraction of sp³-hybridized carbons (Fsp3) is 0. The van der Waals surface area contributed by atoms with Crippen LogP contribution in [0.5, 0.6) is 0 Å². The van der Waals surface area contributed by atoms with Gasteiger partial charge in [0, 0.05) is 22.7 Å². The van der Waals surface area contributed by atoms with Gasteiger partial charge in [0.1, 0.15) is 11.6 Å². The number of hydrogen-bond acceptors (Lipinski definition) is 0. The van der Waals surface area contributed by atoms with Crippen LogP contribution in [-0.4, -0.2) is 4.98 Å². The number of benzene rings is 2. The van der Waals surface area contributed by atoms with Crippen molar-refractivity contribution >= 4 is 10.9 Å². The van der Waals surface area contributed by atoms with Crippen LogP contribution < -0.4 is 0 Å². The van der Waals surface area contributed by atoms with Gasteiger partial charge in [-0.2, -0.15) is 0 Å². The lowest BCUT2D eigenvalue weighted by Gasteiger charge is -1.95. The van der Waals surface area contributed by atoms with Crippen LogP contribution in [0.15, 0.2) is 48.7 Å². The van der Waals surface area contributed by atoms with E-state index in [1.165, 1.54) is 18.2 Å². The molecule has 0 atom stereocenters. The maximum atomic E-state index is 13.4. The van der Waals surface area contributed by atoms with Crippen molar-refractivity contribution in [3.8, 4) is 11.8 Å². The van der Waals surface area contributed by atoms with Gasteiger partial charge in [0.15, 0.2) is 0 Å². The van der Waals surface area contributed by atoms with Crippen molar-refractivity contribution in [2.45, 2.75) is 0 Å². The summed E-state index contributed by atoms with van der Waals surface area (Å²) in [6.07, 6.45) is 1.83. The Bertz CT molecular complexity index is 786. The average molecular weight is 253 g/mol. The Morgan fingerprint density at radius 3 is 2.47 bits per heavy atom. The first-order valence-electron chi connectivity index (χ1n) is 5.77. The summed E-state index contributed by atoms with van der Waals surface area (Å²) in [4.78, 5) is 3.07. The Balaban J connectivity index is 2.03. The highest BCUT2D eigenvalue weighted by atomic mass is 19.1. The molecule has 0 aliphatic carbocycles. The van der Waals surface area contributed by atoms with Crippen LogP contribution in [0.4, 0.5) is 8.78 Å². The maximum Gasteiger partial charge on any atom is 0.141 e. The lowest BCUT2D eigenvalue weighted by atomic mass is 10.1. The molecule has 0 fully saturated rings. The Hall–Kier alpha value is -2.60. The third-order valence-electron chi connectivity index (χ3n) is 2.85. The molecule has 19 heavy (non-hydrogen) atoms. The van der Waals surface area contributed by atoms with E-state index in [2.05, 4.69) is 16.8 Å². The normalized spacial score (nSPS) is 10.2. The molecule has 0 unspecified atom stereocenters. The summed E-state index contributed by atoms with van der Waals surface area (Å²) < 4.78 is 26.8. The molecule has 0 bridgehead atoms. The Morgan fingerprint density at radius 1 is 0.895 bits per heavy atom. The molecule has 1 N–H and O–H groups in total. The van der Waals surface area contributed by atoms with E-state index in [4.69, 9.17) is 0 Å². The summed E-state index contributed by atoms with van der Waals surface area (Å²) in [6, 6.07) is 11.2. The molecule has 1 nitrogen and oxygen atoms in total. The van der Waals surface area contributed by atoms with Gasteiger partial charge in [-0.25, -0.2) is 8.78 Å². The zero-order valence-electron chi connectivity index (χ0n) is 9.87. The topological polar surface area (TPSA) is 15.8 Å². The van der Waals surface area contributed by atoms with E-state index in [1.807, 2.05) is 30.5 Å². The molecule has 3 aromatic rings. The molecule has 0 amide bonds. The van der Waals surface area contributed by atoms with Crippen molar-refractivity contribution in [3.63, 3.8) is 0 Å². The largest absolute Gasteiger partial charge is 0.361 e. The molecule has 0 aliphatic heterocycles. The van der Waals surface area contributed by atoms with Gasteiger partial charge >= 0.3 is 0 Å². The van der Waals surface area contributed by atoms with Crippen LogP contribution in [0.3, 0.4) is 0 Å². The minimum atomic E-state index is -0.643. The Morgan fingerprint density at radius 2 is 1.68 bits per heavy atom. The predicted molar refractivity (Wildman–Crippen MR) is 70.6 cm³/mol. The number of halogens is 2. The van der Waals surface area contributed by atoms with E-state index < -0.39 is 11.6 Å². The van der Waals surface area contributed by atoms with E-state index in [9.17, 15) is 8.78 Å². The second kappa shape index (κ2) is 4.58. The number of hydrogen-bond donors (Lipinski definition) is 1. The molecule has 1 aromatic heterocycles. The van der Waals surface area contributed by atoms with Gasteiger partial charge in [-0.3, -0.25) is 0 Å². The minimum absolute atomic E-state index is 0.198. The second-order valence-electron chi connectivity index (χ2n) is 4.13. The summed E-state index contributed by atoms with van der Waals surface area (Å²) in [6.45, 7) is 0. The molecular weight excluding hydrogens is 244 g/mol. The number of fused-ring (bicyclic) bond motifs is 1. The predicted octanol–water partition coefficient (Wildman–Crippen LogP) is 3.85. The van der Waals surface area contributed by atoms with Crippen LogP contribution in [0.25, 0.3) is 10.9 Å². The van der Waals surface area contributed by atoms with Gasteiger partial charge in [0.05, 0.1) is 5.56 Å². The van der Waals surface area contributed by atoms with Gasteiger partial charge in [-0.15, -0.1) is 0 Å². The van der Waals surface area contributed by atoms with E-state index in [0.29, 0.717) is 0 Å². The number of aromatic amines is 1. The third kappa shape index (κ3) is 2.21. The SMILES string of the molecule is Fc1cccc(F)c1C#Cc1ccc2[nH]ccc2c1. The number of aromatic nitrogens is 1. The first-order valence-corrected chi connectivity index (χ1v) is 5.77. The fourth-order valence-corrected chi connectivity index (χ4v) is 1.88. The van der Waals surface area contributed by atoms with E-state index >= 15 is 0 Å². The van der Waals surface area contributed by atoms with Crippen LogP contribution in [0, 0.1) is 23.5 Å². The molecule has 0 saturated heterocycles. The highest BCUT2D eigenvalue weighted by molar-refractivity contribution is 5.80. The molecule has 1 heterocycles. The number of rotatable bonds is 0. The maximum absolute atomic E-state index is 13.4. The van der Waals surface area contributed by atoms with E-state index in [0.717, 1.165) is 16.5 Å². The highest BCUT2D eigenvalue weighted by Crippen LogP contribution is 2.14. The zero-order valence-corrected chi connectivity index (χ0v) is 9.87. The van der Waals surface area contributed by atoms with Crippen molar-refractivity contribution < 1.29 is 8.78 Å². The Labute approximate surface area is 108 Å². The monoisotopic (exact) mass is 253 g/mol. The third-order valence-corrected chi connectivity index (χ3v) is 2.85. The molecular formula is C16H9F2N. The van der Waals surface area contributed by atoms with Crippen molar-refractivity contribution in [1.29, 1.82) is 0 Å². The summed E-state index contributed by atoms with van der Waals surface area (Å²) in [5.41, 5.74) is 1.52. The van der Waals surface area contributed by atoms with Gasteiger partial charge in [-0.05, 0) is 36.4 Å². The Kier molecular flexibility index (Phi) is 2.77. The summed E-state index contributed by atoms with van der Waals surface area (Å²) >= 11 is 0. The van der Waals surface area contributed by atoms with E-state index in [-0.39, 0.29) is 5.56 Å². The van der Waals surface area contributed by atoms with Crippen LogP contribution >= 0.6 is 0 Å². The molecule has 0 radical (unpaired) electrons. The molecule has 3 rings (SSSR count). The smallest absolute Gasteiger partial charge is 0.141 e. The lowest BCUT2D eigenvalue weighted by molar-refractivity contribution is 0.577. The molecule has 0 aliphatic rings. The van der Waals surface area contributed by atoms with Crippen molar-refractivity contribution in [2.75, 3.05) is 0 Å². The molecule has 92 valence electrons. The number of nitrogens with one attached hydrogen (secondary N) is 1. The van der Waals surface area contributed by atoms with Crippen LogP contribution in [0.2, 0.25) is 0 Å². The molecule has 0 saturated carbocycles. The molecule has 2 aromatic carbocycles. The number of H-pyrrole nitrogens is 1. The first kappa shape index (κ1) is 11.5. The summed E-state index contributed by atoms with van der Waals surface area (Å²) in [5.74, 6) is 4.04. The van der Waals surface area contributed by atoms with E-state index in [1.54, 1.807) is 0 Å². The zero-order chi connectivity index (χ0) is 13.2. The first-order chi connectivity index (χ1) is 9.24. The second-order valence-corrected chi connectivity index (χ2v) is 4.13. The van der Waals surface area contributed by atoms with Crippen LogP contribution in [0.1, 0.15) is 11.1 Å². The summed E-state index contributed by atoms with van der Waals surface area (Å²) in [5, 5.41) is 1.01. The molecule has 0 spiro atoms. The molecule has 3 heteroatoms. The average Bonchev–Trinajstić information content (AvgIpc) is 2.85. The highest BCUT2D eigenvalue weighted by Gasteiger charge is 2.04. The fourth-order valence-electron chi connectivity index (χ4n) is 1.88. The van der Waals surface area contributed by atoms with Crippen molar-refractivity contribution in [2.24, 2.45) is 0 Å². The van der Waals surface area contributed by atoms with Gasteiger partial charge in [0.2, 0.25) is 0 Å². The quantitative estimate of drug-likeness (QED) is 0.586. The summed E-state index contributed by atoms with van der Waals surface area (Å²) in [7, 11) is 0. The van der Waals surface area contributed by atoms with Crippen LogP contribution in [-0.2, 0) is 0 Å². The standard InChI is InChI=1S/C16H9F2N/c17-14-2-1-3-15(18)13(14)6-4-11-5-7-16-12(10-11)8-9-19-16/h1-3,5,7-10,19H. The van der Waals surface area contributed by atoms with Crippen molar-refractivity contribution in [3.05, 3.63) is 71.4 Å². The van der Waals surface area contributed by atoms with Gasteiger partial charge in [0.25, 0.3) is 0 Å². The van der Waals surface area contributed by atoms with Gasteiger partial charge in [-0.1, -0.05) is 17.9 Å². The minimum Gasteiger partial charge on any atom is -0.361 e. The van der Waals surface area contributed by atoms with Gasteiger partial charge < -0.3 is 4.98 Å². The van der Waals surface area contributed by atoms with Crippen molar-refractivity contribution in [1.82, 2.24) is 4.98 Å².